The van der Waals surface area contributed by atoms with Crippen molar-refractivity contribution in [3.8, 4) is 62.6 Å². The zero-order chi connectivity index (χ0) is 67.1. The fourth-order valence-electron chi connectivity index (χ4n) is 10.8. The number of hydrogen-bond acceptors (Lipinski definition) is 18. The standard InChI is InChI=1S/C71H76N4O18/c1-69(2,3)91-66(80)72-47(33-40-23-17-14-18-24-40)62(76)87-50-30-29-43(36-52(50)83-10)56-57-46-38-53(84-11)54(89-63(77)48(34-41-25-19-15-20-26-41)73-67(81)92-70(4,5)6)39-51(46)88-65(79)59(57)75-32-31-44-45(58(56)75)37-55(85-12)61(86-13)60(44)90-64(78)49(35-42-27-21-16-22-28-42)74-68(82)93-71(7,8)9/h14-30,36-39,47-49H,31-35H2,1-13H3,(H,72,80)(H,73,81)(H,74,82)/t47-,48-,49-/m0/s1. The molecular weight excluding hydrogens is 1200 g/mol. The van der Waals surface area contributed by atoms with Gasteiger partial charge in [-0.25, -0.2) is 33.6 Å². The molecule has 3 N–H and O–H groups in total. The van der Waals surface area contributed by atoms with Gasteiger partial charge in [0.2, 0.25) is 5.75 Å². The van der Waals surface area contributed by atoms with E-state index in [0.29, 0.717) is 49.8 Å². The summed E-state index contributed by atoms with van der Waals surface area (Å²) < 4.78 is 67.2. The van der Waals surface area contributed by atoms with E-state index in [2.05, 4.69) is 16.0 Å². The first kappa shape index (κ1) is 66.9. The molecule has 93 heavy (non-hydrogen) atoms. The number of aryl methyl sites for hydroxylation is 1. The highest BCUT2D eigenvalue weighted by atomic mass is 16.6. The third-order valence-electron chi connectivity index (χ3n) is 14.6. The van der Waals surface area contributed by atoms with Crippen molar-refractivity contribution < 1.29 is 80.6 Å². The lowest BCUT2D eigenvalue weighted by Gasteiger charge is -2.27. The molecule has 0 unspecified atom stereocenters. The fourth-order valence-corrected chi connectivity index (χ4v) is 10.8. The van der Waals surface area contributed by atoms with E-state index in [-0.39, 0.29) is 83.6 Å². The Balaban J connectivity index is 1.22. The van der Waals surface area contributed by atoms with Crippen molar-refractivity contribution >= 4 is 58.1 Å². The second-order valence-electron chi connectivity index (χ2n) is 25.0. The molecular formula is C71H76N4O18. The highest BCUT2D eigenvalue weighted by Gasteiger charge is 2.37. The Hall–Kier alpha value is -10.5. The largest absolute Gasteiger partial charge is 0.493 e. The smallest absolute Gasteiger partial charge is 0.408 e. The van der Waals surface area contributed by atoms with Gasteiger partial charge in [0.15, 0.2) is 34.5 Å². The summed E-state index contributed by atoms with van der Waals surface area (Å²) in [5.74, 6) is -2.60. The first-order valence-electron chi connectivity index (χ1n) is 30.1. The first-order valence-corrected chi connectivity index (χ1v) is 30.1. The molecule has 22 heteroatoms. The summed E-state index contributed by atoms with van der Waals surface area (Å²) in [6.45, 7) is 15.3. The normalized spacial score (nSPS) is 13.0. The van der Waals surface area contributed by atoms with E-state index in [1.807, 2.05) is 30.3 Å². The number of alkyl carbamates (subject to hydrolysis) is 3. The van der Waals surface area contributed by atoms with E-state index in [0.717, 1.165) is 5.56 Å². The fraction of sp³-hybridized carbons (Fsp3) is 0.338. The zero-order valence-electron chi connectivity index (χ0n) is 54.2. The molecule has 1 aliphatic heterocycles. The van der Waals surface area contributed by atoms with Gasteiger partial charge in [0.1, 0.15) is 46.0 Å². The number of amides is 3. The molecule has 2 aromatic heterocycles. The molecule has 8 aromatic rings. The molecule has 0 saturated carbocycles. The number of methoxy groups -OCH3 is 4. The summed E-state index contributed by atoms with van der Waals surface area (Å²) in [4.78, 5) is 98.6. The number of fused-ring (bicyclic) bond motifs is 7. The lowest BCUT2D eigenvalue weighted by molar-refractivity contribution is -0.137. The molecule has 22 nitrogen and oxygen atoms in total. The van der Waals surface area contributed by atoms with Gasteiger partial charge >= 0.3 is 41.8 Å². The monoisotopic (exact) mass is 1270 g/mol. The van der Waals surface area contributed by atoms with Crippen LogP contribution in [0.2, 0.25) is 0 Å². The maximum absolute atomic E-state index is 15.1. The third kappa shape index (κ3) is 16.2. The first-order chi connectivity index (χ1) is 44.1. The van der Waals surface area contributed by atoms with E-state index in [1.54, 1.807) is 152 Å². The number of nitrogens with zero attached hydrogens (tertiary/aromatic N) is 1. The summed E-state index contributed by atoms with van der Waals surface area (Å²) in [6, 6.07) is 32.6. The average molecular weight is 1270 g/mol. The van der Waals surface area contributed by atoms with Crippen molar-refractivity contribution in [2.75, 3.05) is 28.4 Å². The maximum Gasteiger partial charge on any atom is 0.408 e. The van der Waals surface area contributed by atoms with Crippen LogP contribution < -0.4 is 54.7 Å². The second-order valence-corrected chi connectivity index (χ2v) is 25.0. The van der Waals surface area contributed by atoms with Crippen LogP contribution in [0, 0.1) is 0 Å². The molecule has 0 radical (unpaired) electrons. The topological polar surface area (TPSA) is 266 Å². The van der Waals surface area contributed by atoms with Gasteiger partial charge in [-0.3, -0.25) is 0 Å². The highest BCUT2D eigenvalue weighted by molar-refractivity contribution is 6.17. The van der Waals surface area contributed by atoms with Crippen LogP contribution in [-0.4, -0.2) is 104 Å². The van der Waals surface area contributed by atoms with Crippen LogP contribution in [-0.2, 0) is 60.8 Å². The Morgan fingerprint density at radius 1 is 0.495 bits per heavy atom. The Labute approximate surface area is 537 Å². The van der Waals surface area contributed by atoms with Crippen LogP contribution >= 0.6 is 0 Å². The number of benzene rings is 6. The van der Waals surface area contributed by atoms with E-state index < -0.39 is 76.7 Å². The molecule has 9 rings (SSSR count). The van der Waals surface area contributed by atoms with Crippen molar-refractivity contribution in [1.82, 2.24) is 20.5 Å². The van der Waals surface area contributed by atoms with Gasteiger partial charge in [-0.1, -0.05) is 97.1 Å². The van der Waals surface area contributed by atoms with Crippen LogP contribution in [0.3, 0.4) is 0 Å². The summed E-state index contributed by atoms with van der Waals surface area (Å²) in [6.07, 6.45) is -2.38. The molecule has 0 fully saturated rings. The van der Waals surface area contributed by atoms with Crippen molar-refractivity contribution in [1.29, 1.82) is 0 Å². The van der Waals surface area contributed by atoms with E-state index in [4.69, 9.17) is 51.8 Å². The molecule has 0 aliphatic carbocycles. The minimum absolute atomic E-state index is 0.0112. The minimum Gasteiger partial charge on any atom is -0.493 e. The number of aromatic nitrogens is 1. The van der Waals surface area contributed by atoms with Gasteiger partial charge in [0.25, 0.3) is 0 Å². The van der Waals surface area contributed by atoms with Crippen molar-refractivity contribution in [2.45, 2.75) is 129 Å². The Bertz CT molecular complexity index is 4160. The molecule has 1 aliphatic rings. The molecule has 3 amide bonds. The predicted octanol–water partition coefficient (Wildman–Crippen LogP) is 11.8. The van der Waals surface area contributed by atoms with Gasteiger partial charge in [-0.05, 0) is 115 Å². The molecule has 3 atom stereocenters. The van der Waals surface area contributed by atoms with Crippen LogP contribution in [0.25, 0.3) is 44.3 Å². The number of nitrogens with one attached hydrogen (secondary N) is 3. The quantitative estimate of drug-likeness (QED) is 0.0277. The van der Waals surface area contributed by atoms with Gasteiger partial charge in [-0.15, -0.1) is 0 Å². The number of hydrogen-bond donors (Lipinski definition) is 3. The SMILES string of the molecule is COc1cc(-c2c3n(c4c(=O)oc5cc(OC(=O)[C@H](Cc6ccccc6)NC(=O)OC(C)(C)C)c(OC)cc5c24)CCc2c-3cc(OC)c(OC)c2OC(=O)[C@H](Cc2ccccc2)NC(=O)OC(C)(C)C)ccc1OC(=O)[C@H](Cc1ccccc1)NC(=O)OC(C)(C)C. The number of esters is 3. The molecule has 3 heterocycles. The Morgan fingerprint density at radius 3 is 1.38 bits per heavy atom. The molecule has 6 aromatic carbocycles. The summed E-state index contributed by atoms with van der Waals surface area (Å²) in [5.41, 5.74) is 0.672. The van der Waals surface area contributed by atoms with Crippen LogP contribution in [0.1, 0.15) is 84.6 Å². The lowest BCUT2D eigenvalue weighted by atomic mass is 9.91. The molecule has 0 bridgehead atoms. The number of ether oxygens (including phenoxy) is 10. The van der Waals surface area contributed by atoms with Crippen molar-refractivity contribution in [2.24, 2.45) is 0 Å². The molecule has 488 valence electrons. The zero-order valence-corrected chi connectivity index (χ0v) is 54.2. The van der Waals surface area contributed by atoms with Crippen molar-refractivity contribution in [3.63, 3.8) is 0 Å². The third-order valence-corrected chi connectivity index (χ3v) is 14.6. The Morgan fingerprint density at radius 2 is 0.935 bits per heavy atom. The maximum atomic E-state index is 15.1. The second kappa shape index (κ2) is 27.9. The van der Waals surface area contributed by atoms with Gasteiger partial charge < -0.3 is 72.3 Å². The van der Waals surface area contributed by atoms with Gasteiger partial charge in [-0.2, -0.15) is 0 Å². The van der Waals surface area contributed by atoms with E-state index >= 15 is 4.79 Å². The predicted molar refractivity (Wildman–Crippen MR) is 346 cm³/mol. The average Bonchev–Trinajstić information content (AvgIpc) is 1.56. The van der Waals surface area contributed by atoms with Crippen LogP contribution in [0.4, 0.5) is 14.4 Å². The van der Waals surface area contributed by atoms with E-state index in [1.165, 1.54) is 40.6 Å². The van der Waals surface area contributed by atoms with Crippen LogP contribution in [0.15, 0.2) is 137 Å². The Kier molecular flexibility index (Phi) is 20.1. The van der Waals surface area contributed by atoms with Crippen LogP contribution in [0.5, 0.6) is 40.2 Å². The summed E-state index contributed by atoms with van der Waals surface area (Å²) >= 11 is 0. The lowest BCUT2D eigenvalue weighted by Crippen LogP contribution is -2.46. The number of rotatable bonds is 20. The molecule has 0 spiro atoms. The molecule has 0 saturated heterocycles. The summed E-state index contributed by atoms with van der Waals surface area (Å²) in [7, 11) is 5.55. The van der Waals surface area contributed by atoms with Gasteiger partial charge in [0.05, 0.1) is 34.1 Å². The van der Waals surface area contributed by atoms with E-state index in [9.17, 15) is 28.8 Å². The highest BCUT2D eigenvalue weighted by Crippen LogP contribution is 2.53. The van der Waals surface area contributed by atoms with Crippen molar-refractivity contribution in [3.05, 3.63) is 160 Å². The number of carbonyl (C=O) groups is 6. The van der Waals surface area contributed by atoms with Gasteiger partial charge in [0, 0.05) is 59.3 Å². The summed E-state index contributed by atoms with van der Waals surface area (Å²) in [5, 5.41) is 8.62. The minimum atomic E-state index is -1.28. The number of carbonyl (C=O) groups excluding carboxylic acids is 6.